The van der Waals surface area contributed by atoms with Crippen molar-refractivity contribution in [3.8, 4) is 0 Å². The first-order valence-electron chi connectivity index (χ1n) is 6.40. The minimum Gasteiger partial charge on any atom is -0.391 e. The van der Waals surface area contributed by atoms with Gasteiger partial charge in [0.1, 0.15) is 0 Å². The number of nitrogens with zero attached hydrogens (tertiary/aromatic N) is 1. The van der Waals surface area contributed by atoms with Gasteiger partial charge in [-0.15, -0.1) is 0 Å². The minimum atomic E-state index is -0.447. The number of aliphatic hydroxyl groups excluding tert-OH is 1. The summed E-state index contributed by atoms with van der Waals surface area (Å²) in [6.07, 6.45) is 3.19. The molecule has 3 nitrogen and oxygen atoms in total. The number of halogens is 2. The van der Waals surface area contributed by atoms with Gasteiger partial charge in [-0.25, -0.2) is 0 Å². The second kappa shape index (κ2) is 6.12. The Morgan fingerprint density at radius 3 is 2.37 bits per heavy atom. The number of carbonyl (C=O) groups excluding carboxylic acids is 1. The van der Waals surface area contributed by atoms with Crippen LogP contribution in [0.2, 0.25) is 10.0 Å². The van der Waals surface area contributed by atoms with Gasteiger partial charge in [-0.05, 0) is 31.0 Å². The molecular weight excluding hydrogens is 285 g/mol. The van der Waals surface area contributed by atoms with E-state index < -0.39 is 6.10 Å². The van der Waals surface area contributed by atoms with E-state index in [0.717, 1.165) is 25.7 Å². The van der Waals surface area contributed by atoms with E-state index in [1.807, 2.05) is 0 Å². The van der Waals surface area contributed by atoms with Crippen molar-refractivity contribution in [1.29, 1.82) is 0 Å². The number of hydrogen-bond acceptors (Lipinski definition) is 2. The van der Waals surface area contributed by atoms with E-state index in [1.165, 1.54) is 0 Å². The second-order valence-electron chi connectivity index (χ2n) is 4.99. The Morgan fingerprint density at radius 1 is 1.21 bits per heavy atom. The third-order valence-corrected chi connectivity index (χ3v) is 4.06. The standard InChI is InChI=1S/C14H17Cl2NO2/c1-17(12-4-2-3-5-13(12)18)14(19)9-6-10(15)8-11(16)7-9/h6-8,12-13,18H,2-5H2,1H3. The summed E-state index contributed by atoms with van der Waals surface area (Å²) in [7, 11) is 1.72. The second-order valence-corrected chi connectivity index (χ2v) is 5.87. The van der Waals surface area contributed by atoms with Gasteiger partial charge >= 0.3 is 0 Å². The van der Waals surface area contributed by atoms with Crippen LogP contribution in [0.3, 0.4) is 0 Å². The fourth-order valence-corrected chi connectivity index (χ4v) is 3.10. The van der Waals surface area contributed by atoms with Crippen LogP contribution in [0.15, 0.2) is 18.2 Å². The maximum Gasteiger partial charge on any atom is 0.254 e. The van der Waals surface area contributed by atoms with Crippen LogP contribution in [0.1, 0.15) is 36.0 Å². The van der Waals surface area contributed by atoms with Gasteiger partial charge in [0.05, 0.1) is 12.1 Å². The molecule has 1 aliphatic carbocycles. The molecule has 0 saturated heterocycles. The molecule has 0 aromatic heterocycles. The molecule has 5 heteroatoms. The smallest absolute Gasteiger partial charge is 0.254 e. The van der Waals surface area contributed by atoms with Gasteiger partial charge in [0, 0.05) is 22.7 Å². The first kappa shape index (κ1) is 14.6. The van der Waals surface area contributed by atoms with Gasteiger partial charge in [0.15, 0.2) is 0 Å². The predicted molar refractivity (Wildman–Crippen MR) is 76.8 cm³/mol. The zero-order valence-electron chi connectivity index (χ0n) is 10.8. The van der Waals surface area contributed by atoms with E-state index in [9.17, 15) is 9.90 Å². The molecule has 1 N–H and O–H groups in total. The lowest BCUT2D eigenvalue weighted by Gasteiger charge is -2.35. The molecule has 2 rings (SSSR count). The van der Waals surface area contributed by atoms with E-state index in [4.69, 9.17) is 23.2 Å². The first-order chi connectivity index (χ1) is 8.99. The Kier molecular flexibility index (Phi) is 4.71. The average molecular weight is 302 g/mol. The van der Waals surface area contributed by atoms with Crippen molar-refractivity contribution in [3.63, 3.8) is 0 Å². The zero-order valence-corrected chi connectivity index (χ0v) is 12.3. The fraction of sp³-hybridized carbons (Fsp3) is 0.500. The maximum atomic E-state index is 12.4. The first-order valence-corrected chi connectivity index (χ1v) is 7.16. The summed E-state index contributed by atoms with van der Waals surface area (Å²) >= 11 is 11.8. The number of amides is 1. The molecule has 0 aliphatic heterocycles. The van der Waals surface area contributed by atoms with E-state index >= 15 is 0 Å². The number of hydrogen-bond donors (Lipinski definition) is 1. The van der Waals surface area contributed by atoms with Crippen molar-refractivity contribution in [2.75, 3.05) is 7.05 Å². The maximum absolute atomic E-state index is 12.4. The third-order valence-electron chi connectivity index (χ3n) is 3.62. The molecule has 1 aromatic rings. The highest BCUT2D eigenvalue weighted by Gasteiger charge is 2.29. The Hall–Kier alpha value is -0.770. The number of carbonyl (C=O) groups is 1. The van der Waals surface area contributed by atoms with Crippen LogP contribution in [-0.4, -0.2) is 35.1 Å². The summed E-state index contributed by atoms with van der Waals surface area (Å²) in [5.74, 6) is -0.157. The van der Waals surface area contributed by atoms with E-state index in [1.54, 1.807) is 30.1 Å². The molecule has 2 unspecified atom stereocenters. The normalized spacial score (nSPS) is 23.2. The molecule has 1 aliphatic rings. The molecular formula is C14H17Cl2NO2. The Labute approximate surface area is 123 Å². The number of benzene rings is 1. The van der Waals surface area contributed by atoms with E-state index in [2.05, 4.69) is 0 Å². The molecule has 1 amide bonds. The molecule has 0 bridgehead atoms. The fourth-order valence-electron chi connectivity index (χ4n) is 2.58. The molecule has 1 saturated carbocycles. The van der Waals surface area contributed by atoms with Crippen molar-refractivity contribution < 1.29 is 9.90 Å². The van der Waals surface area contributed by atoms with Crippen LogP contribution in [0.4, 0.5) is 0 Å². The molecule has 104 valence electrons. The highest BCUT2D eigenvalue weighted by molar-refractivity contribution is 6.35. The highest BCUT2D eigenvalue weighted by Crippen LogP contribution is 2.25. The van der Waals surface area contributed by atoms with Gasteiger partial charge in [0.25, 0.3) is 5.91 Å². The Balaban J connectivity index is 2.18. The largest absolute Gasteiger partial charge is 0.391 e. The van der Waals surface area contributed by atoms with Gasteiger partial charge in [-0.1, -0.05) is 36.0 Å². The van der Waals surface area contributed by atoms with Crippen LogP contribution in [0, 0.1) is 0 Å². The lowest BCUT2D eigenvalue weighted by atomic mass is 9.91. The molecule has 1 aromatic carbocycles. The average Bonchev–Trinajstić information content (AvgIpc) is 2.36. The zero-order chi connectivity index (χ0) is 14.0. The minimum absolute atomic E-state index is 0.126. The number of aliphatic hydroxyl groups is 1. The molecule has 0 spiro atoms. The topological polar surface area (TPSA) is 40.5 Å². The van der Waals surface area contributed by atoms with Crippen LogP contribution in [0.25, 0.3) is 0 Å². The lowest BCUT2D eigenvalue weighted by Crippen LogP contribution is -2.46. The van der Waals surface area contributed by atoms with Crippen LogP contribution in [-0.2, 0) is 0 Å². The van der Waals surface area contributed by atoms with Gasteiger partial charge in [-0.2, -0.15) is 0 Å². The van der Waals surface area contributed by atoms with Gasteiger partial charge in [0.2, 0.25) is 0 Å². The summed E-state index contributed by atoms with van der Waals surface area (Å²) in [4.78, 5) is 14.0. The van der Waals surface area contributed by atoms with Crippen LogP contribution in [0.5, 0.6) is 0 Å². The summed E-state index contributed by atoms with van der Waals surface area (Å²) in [5, 5.41) is 10.9. The van der Waals surface area contributed by atoms with Crippen LogP contribution >= 0.6 is 23.2 Å². The molecule has 1 fully saturated rings. The van der Waals surface area contributed by atoms with Crippen molar-refractivity contribution in [2.24, 2.45) is 0 Å². The van der Waals surface area contributed by atoms with Crippen molar-refractivity contribution in [2.45, 2.75) is 37.8 Å². The predicted octanol–water partition coefficient (Wildman–Crippen LogP) is 3.37. The van der Waals surface area contributed by atoms with Crippen molar-refractivity contribution in [3.05, 3.63) is 33.8 Å². The van der Waals surface area contributed by atoms with Gasteiger partial charge < -0.3 is 10.0 Å². The van der Waals surface area contributed by atoms with Crippen LogP contribution < -0.4 is 0 Å². The monoisotopic (exact) mass is 301 g/mol. The summed E-state index contributed by atoms with van der Waals surface area (Å²) in [6, 6.07) is 4.66. The quantitative estimate of drug-likeness (QED) is 0.910. The Bertz CT molecular complexity index is 458. The Morgan fingerprint density at radius 2 is 1.79 bits per heavy atom. The number of likely N-dealkylation sites (N-methyl/N-ethyl adjacent to an activating group) is 1. The van der Waals surface area contributed by atoms with Crippen molar-refractivity contribution >= 4 is 29.1 Å². The molecule has 2 atom stereocenters. The SMILES string of the molecule is CN(C(=O)c1cc(Cl)cc(Cl)c1)C1CCCCC1O. The molecule has 0 radical (unpaired) electrons. The van der Waals surface area contributed by atoms with Crippen molar-refractivity contribution in [1.82, 2.24) is 4.90 Å². The molecule has 19 heavy (non-hydrogen) atoms. The number of rotatable bonds is 2. The highest BCUT2D eigenvalue weighted by atomic mass is 35.5. The van der Waals surface area contributed by atoms with E-state index in [0.29, 0.717) is 15.6 Å². The molecule has 0 heterocycles. The third kappa shape index (κ3) is 3.41. The summed E-state index contributed by atoms with van der Waals surface area (Å²) in [6.45, 7) is 0. The lowest BCUT2D eigenvalue weighted by molar-refractivity contribution is 0.0268. The summed E-state index contributed by atoms with van der Waals surface area (Å²) < 4.78 is 0. The summed E-state index contributed by atoms with van der Waals surface area (Å²) in [5.41, 5.74) is 0.456. The van der Waals surface area contributed by atoms with E-state index in [-0.39, 0.29) is 11.9 Å². The van der Waals surface area contributed by atoms with Gasteiger partial charge in [-0.3, -0.25) is 4.79 Å².